The Labute approximate surface area is 131 Å². The summed E-state index contributed by atoms with van der Waals surface area (Å²) >= 11 is 1.72. The Morgan fingerprint density at radius 3 is 2.22 bits per heavy atom. The second kappa shape index (κ2) is 7.93. The van der Waals surface area contributed by atoms with E-state index < -0.39 is 0 Å². The fraction of sp³-hybridized carbons (Fsp3) is 0.667. The van der Waals surface area contributed by atoms with Crippen molar-refractivity contribution in [1.82, 2.24) is 14.8 Å². The molecular formula is C12H23IN4S. The lowest BCUT2D eigenvalue weighted by atomic mass is 10.2. The van der Waals surface area contributed by atoms with Gasteiger partial charge >= 0.3 is 0 Å². The average molecular weight is 382 g/mol. The van der Waals surface area contributed by atoms with Crippen LogP contribution in [-0.4, -0.2) is 48.9 Å². The first-order valence-corrected chi connectivity index (χ1v) is 6.63. The predicted octanol–water partition coefficient (Wildman–Crippen LogP) is 2.86. The van der Waals surface area contributed by atoms with E-state index in [-0.39, 0.29) is 24.0 Å². The van der Waals surface area contributed by atoms with Crippen LogP contribution in [0.4, 0.5) is 0 Å². The van der Waals surface area contributed by atoms with Crippen molar-refractivity contribution in [3.63, 3.8) is 0 Å². The van der Waals surface area contributed by atoms with E-state index in [4.69, 9.17) is 0 Å². The van der Waals surface area contributed by atoms with Crippen LogP contribution in [-0.2, 0) is 6.54 Å². The third kappa shape index (κ3) is 5.09. The second-order valence-corrected chi connectivity index (χ2v) is 5.63. The maximum atomic E-state index is 4.58. The van der Waals surface area contributed by atoms with E-state index in [1.165, 1.54) is 5.01 Å². The van der Waals surface area contributed by atoms with Crippen LogP contribution in [0.15, 0.2) is 10.4 Å². The van der Waals surface area contributed by atoms with E-state index in [0.29, 0.717) is 12.5 Å². The van der Waals surface area contributed by atoms with E-state index in [0.717, 1.165) is 11.7 Å². The number of aliphatic imine (C=N–C) groups is 1. The normalized spacial score (nSPS) is 9.94. The Bertz CT molecular complexity index is 375. The number of guanidine groups is 1. The average Bonchev–Trinajstić information content (AvgIpc) is 2.65. The van der Waals surface area contributed by atoms with Crippen LogP contribution in [0, 0.1) is 0 Å². The predicted molar refractivity (Wildman–Crippen MR) is 90.1 cm³/mol. The van der Waals surface area contributed by atoms with Gasteiger partial charge in [0.25, 0.3) is 0 Å². The summed E-state index contributed by atoms with van der Waals surface area (Å²) in [6.07, 6.45) is 0. The van der Waals surface area contributed by atoms with E-state index >= 15 is 0 Å². The van der Waals surface area contributed by atoms with E-state index in [9.17, 15) is 0 Å². The number of halogens is 1. The van der Waals surface area contributed by atoms with Gasteiger partial charge < -0.3 is 9.80 Å². The molecule has 1 rings (SSSR count). The highest BCUT2D eigenvalue weighted by Gasteiger charge is 2.07. The number of nitrogens with zero attached hydrogens (tertiary/aromatic N) is 4. The van der Waals surface area contributed by atoms with Gasteiger partial charge in [0.05, 0.1) is 17.2 Å². The molecule has 0 radical (unpaired) electrons. The quantitative estimate of drug-likeness (QED) is 0.458. The van der Waals surface area contributed by atoms with Crippen molar-refractivity contribution >= 4 is 41.3 Å². The molecule has 0 aliphatic heterocycles. The van der Waals surface area contributed by atoms with Crippen molar-refractivity contribution in [2.75, 3.05) is 28.2 Å². The van der Waals surface area contributed by atoms with Gasteiger partial charge in [-0.2, -0.15) is 0 Å². The number of thiazole rings is 1. The molecule has 0 saturated carbocycles. The van der Waals surface area contributed by atoms with Crippen LogP contribution < -0.4 is 0 Å². The molecule has 0 amide bonds. The smallest absolute Gasteiger partial charge is 0.195 e. The summed E-state index contributed by atoms with van der Waals surface area (Å²) in [5.41, 5.74) is 1.06. The first kappa shape index (κ1) is 17.6. The van der Waals surface area contributed by atoms with Gasteiger partial charge in [-0.05, 0) is 0 Å². The maximum absolute atomic E-state index is 4.58. The highest BCUT2D eigenvalue weighted by molar-refractivity contribution is 14.0. The van der Waals surface area contributed by atoms with Gasteiger partial charge in [-0.1, -0.05) is 13.8 Å². The zero-order valence-corrected chi connectivity index (χ0v) is 15.1. The van der Waals surface area contributed by atoms with Crippen molar-refractivity contribution in [2.45, 2.75) is 26.3 Å². The molecule has 0 fully saturated rings. The molecule has 0 atom stereocenters. The van der Waals surface area contributed by atoms with Gasteiger partial charge in [0.15, 0.2) is 5.96 Å². The van der Waals surface area contributed by atoms with Gasteiger partial charge in [-0.15, -0.1) is 35.3 Å². The molecule has 0 aliphatic rings. The van der Waals surface area contributed by atoms with Crippen molar-refractivity contribution in [3.8, 4) is 0 Å². The largest absolute Gasteiger partial charge is 0.349 e. The molecule has 0 spiro atoms. The lowest BCUT2D eigenvalue weighted by molar-refractivity contribution is 0.479. The van der Waals surface area contributed by atoms with Crippen LogP contribution in [0.2, 0.25) is 0 Å². The lowest BCUT2D eigenvalue weighted by Gasteiger charge is -2.22. The third-order valence-electron chi connectivity index (χ3n) is 2.25. The minimum atomic E-state index is 0. The molecule has 104 valence electrons. The Morgan fingerprint density at radius 1 is 1.28 bits per heavy atom. The Kier molecular flexibility index (Phi) is 7.77. The molecule has 0 unspecified atom stereocenters. The van der Waals surface area contributed by atoms with Crippen molar-refractivity contribution in [2.24, 2.45) is 4.99 Å². The molecule has 6 heteroatoms. The van der Waals surface area contributed by atoms with Crippen LogP contribution >= 0.6 is 35.3 Å². The van der Waals surface area contributed by atoms with Crippen LogP contribution in [0.25, 0.3) is 0 Å². The summed E-state index contributed by atoms with van der Waals surface area (Å²) in [4.78, 5) is 13.2. The molecule has 0 bridgehead atoms. The molecule has 1 aromatic heterocycles. The molecule has 0 N–H and O–H groups in total. The number of rotatable bonds is 3. The first-order chi connectivity index (χ1) is 7.91. The van der Waals surface area contributed by atoms with Crippen molar-refractivity contribution in [1.29, 1.82) is 0 Å². The number of hydrogen-bond acceptors (Lipinski definition) is 3. The second-order valence-electron chi connectivity index (χ2n) is 4.74. The van der Waals surface area contributed by atoms with Gasteiger partial charge in [-0.25, -0.2) is 9.98 Å². The monoisotopic (exact) mass is 382 g/mol. The minimum Gasteiger partial charge on any atom is -0.349 e. The minimum absolute atomic E-state index is 0. The van der Waals surface area contributed by atoms with E-state index in [1.54, 1.807) is 11.3 Å². The molecule has 4 nitrogen and oxygen atoms in total. The SMILES string of the molecule is CC(C)c1nc(CN=C(N(C)C)N(C)C)cs1.I. The van der Waals surface area contributed by atoms with Crippen LogP contribution in [0.5, 0.6) is 0 Å². The number of hydrogen-bond donors (Lipinski definition) is 0. The molecular weight excluding hydrogens is 359 g/mol. The fourth-order valence-corrected chi connectivity index (χ4v) is 2.32. The van der Waals surface area contributed by atoms with Gasteiger partial charge in [0.2, 0.25) is 0 Å². The number of aromatic nitrogens is 1. The van der Waals surface area contributed by atoms with Crippen molar-refractivity contribution in [3.05, 3.63) is 16.1 Å². The fourth-order valence-electron chi connectivity index (χ4n) is 1.49. The first-order valence-electron chi connectivity index (χ1n) is 5.75. The Balaban J connectivity index is 0.00000289. The van der Waals surface area contributed by atoms with Crippen LogP contribution in [0.1, 0.15) is 30.5 Å². The Morgan fingerprint density at radius 2 is 1.83 bits per heavy atom. The van der Waals surface area contributed by atoms with Gasteiger partial charge in [-0.3, -0.25) is 0 Å². The zero-order valence-electron chi connectivity index (χ0n) is 12.0. The van der Waals surface area contributed by atoms with Crippen molar-refractivity contribution < 1.29 is 0 Å². The Hall–Kier alpha value is -0.370. The summed E-state index contributed by atoms with van der Waals surface area (Å²) in [6, 6.07) is 0. The molecule has 1 aromatic rings. The topological polar surface area (TPSA) is 31.7 Å². The van der Waals surface area contributed by atoms with Gasteiger partial charge in [0, 0.05) is 39.5 Å². The highest BCUT2D eigenvalue weighted by atomic mass is 127. The molecule has 18 heavy (non-hydrogen) atoms. The molecule has 0 aliphatic carbocycles. The maximum Gasteiger partial charge on any atom is 0.195 e. The molecule has 0 saturated heterocycles. The van der Waals surface area contributed by atoms with E-state index in [2.05, 4.69) is 29.2 Å². The standard InChI is InChI=1S/C12H22N4S.HI/c1-9(2)11-14-10(8-17-11)7-13-12(15(3)4)16(5)6;/h8-9H,7H2,1-6H3;1H. The summed E-state index contributed by atoms with van der Waals surface area (Å²) in [6.45, 7) is 4.98. The molecule has 0 aromatic carbocycles. The molecule has 1 heterocycles. The third-order valence-corrected chi connectivity index (χ3v) is 3.44. The summed E-state index contributed by atoms with van der Waals surface area (Å²) in [7, 11) is 8.00. The van der Waals surface area contributed by atoms with E-state index in [1.807, 2.05) is 38.0 Å². The summed E-state index contributed by atoms with van der Waals surface area (Å²) < 4.78 is 0. The highest BCUT2D eigenvalue weighted by Crippen LogP contribution is 2.19. The van der Waals surface area contributed by atoms with Crippen LogP contribution in [0.3, 0.4) is 0 Å². The lowest BCUT2D eigenvalue weighted by Crippen LogP contribution is -2.35. The summed E-state index contributed by atoms with van der Waals surface area (Å²) in [5.74, 6) is 1.46. The zero-order chi connectivity index (χ0) is 13.0. The van der Waals surface area contributed by atoms with Gasteiger partial charge in [0.1, 0.15) is 0 Å². The summed E-state index contributed by atoms with van der Waals surface area (Å²) in [5, 5.41) is 3.29.